The van der Waals surface area contributed by atoms with E-state index < -0.39 is 11.7 Å². The maximum atomic E-state index is 12.9. The minimum atomic E-state index is -0.615. The Bertz CT molecular complexity index is 1300. The van der Waals surface area contributed by atoms with Gasteiger partial charge in [0, 0.05) is 30.8 Å². The molecule has 1 aliphatic rings. The van der Waals surface area contributed by atoms with Crippen molar-refractivity contribution in [3.63, 3.8) is 0 Å². The van der Waals surface area contributed by atoms with Gasteiger partial charge in [-0.25, -0.2) is 14.8 Å². The fourth-order valence-corrected chi connectivity index (χ4v) is 4.30. The molecule has 0 aliphatic carbocycles. The van der Waals surface area contributed by atoms with Crippen LogP contribution in [0.2, 0.25) is 5.02 Å². The molecule has 1 aromatic carbocycles. The van der Waals surface area contributed by atoms with Gasteiger partial charge in [0.05, 0.1) is 16.8 Å². The average molecular weight is 524 g/mol. The zero-order chi connectivity index (χ0) is 26.7. The Balaban J connectivity index is 1.58. The van der Waals surface area contributed by atoms with E-state index in [0.29, 0.717) is 52.1 Å². The van der Waals surface area contributed by atoms with Crippen molar-refractivity contribution in [3.05, 3.63) is 64.7 Å². The first-order valence-corrected chi connectivity index (χ1v) is 12.5. The highest BCUT2D eigenvalue weighted by Crippen LogP contribution is 2.33. The third kappa shape index (κ3) is 6.35. The Labute approximate surface area is 220 Å². The molecular formula is C27H30ClN5O4. The molecule has 1 saturated heterocycles. The van der Waals surface area contributed by atoms with E-state index in [1.807, 2.05) is 20.8 Å². The summed E-state index contributed by atoms with van der Waals surface area (Å²) in [6.07, 6.45) is 3.57. The standard InChI is InChI=1S/C27H30ClN5O4/c1-16(34)22-23(17-8-10-18(11-9-17)25(35)30-21-13-12-19(28)15-29-21)32-24(31-22)20-7-5-6-14-33(20)26(36)37-27(2,3)4/h8-13,15,20H,5-7,14H2,1-4H3,(H,31,32)(H,29,30,35)/t20-/m0/s1. The van der Waals surface area contributed by atoms with E-state index in [1.165, 1.54) is 13.1 Å². The number of ether oxygens (including phenoxy) is 1. The molecule has 3 aromatic rings. The van der Waals surface area contributed by atoms with Gasteiger partial charge in [-0.15, -0.1) is 0 Å². The second-order valence-electron chi connectivity index (χ2n) is 9.98. The monoisotopic (exact) mass is 523 g/mol. The zero-order valence-electron chi connectivity index (χ0n) is 21.3. The number of H-pyrrole nitrogens is 1. The molecule has 1 aliphatic heterocycles. The first kappa shape index (κ1) is 26.3. The van der Waals surface area contributed by atoms with Crippen molar-refractivity contribution in [1.82, 2.24) is 19.9 Å². The van der Waals surface area contributed by atoms with Gasteiger partial charge in [-0.2, -0.15) is 0 Å². The zero-order valence-corrected chi connectivity index (χ0v) is 22.1. The number of Topliss-reactive ketones (excluding diaryl/α,β-unsaturated/α-hetero) is 1. The summed E-state index contributed by atoms with van der Waals surface area (Å²) in [6, 6.07) is 9.73. The van der Waals surface area contributed by atoms with E-state index in [-0.39, 0.29) is 17.7 Å². The number of ketones is 1. The number of hydrogen-bond donors (Lipinski definition) is 2. The van der Waals surface area contributed by atoms with E-state index in [1.54, 1.807) is 41.3 Å². The summed E-state index contributed by atoms with van der Waals surface area (Å²) < 4.78 is 5.61. The highest BCUT2D eigenvalue weighted by Gasteiger charge is 2.34. The first-order chi connectivity index (χ1) is 17.5. The minimum Gasteiger partial charge on any atom is -0.444 e. The van der Waals surface area contributed by atoms with Crippen molar-refractivity contribution in [3.8, 4) is 11.3 Å². The fraction of sp³-hybridized carbons (Fsp3) is 0.370. The number of piperidine rings is 1. The van der Waals surface area contributed by atoms with Crippen LogP contribution in [0.15, 0.2) is 42.6 Å². The van der Waals surface area contributed by atoms with Crippen molar-refractivity contribution in [2.45, 2.75) is 58.6 Å². The Kier molecular flexibility index (Phi) is 7.63. The summed E-state index contributed by atoms with van der Waals surface area (Å²) in [5, 5.41) is 3.20. The smallest absolute Gasteiger partial charge is 0.410 e. The highest BCUT2D eigenvalue weighted by atomic mass is 35.5. The summed E-state index contributed by atoms with van der Waals surface area (Å²) in [4.78, 5) is 51.7. The summed E-state index contributed by atoms with van der Waals surface area (Å²) in [5.74, 6) is 0.424. The third-order valence-corrected chi connectivity index (χ3v) is 6.13. The van der Waals surface area contributed by atoms with Crippen LogP contribution in [-0.4, -0.2) is 49.8 Å². The van der Waals surface area contributed by atoms with E-state index in [4.69, 9.17) is 21.3 Å². The largest absolute Gasteiger partial charge is 0.444 e. The fourth-order valence-electron chi connectivity index (χ4n) is 4.19. The number of aromatic amines is 1. The number of carbonyl (C=O) groups is 3. The topological polar surface area (TPSA) is 117 Å². The van der Waals surface area contributed by atoms with Gasteiger partial charge in [-0.05, 0) is 64.3 Å². The van der Waals surface area contributed by atoms with Crippen molar-refractivity contribution < 1.29 is 19.1 Å². The third-order valence-electron chi connectivity index (χ3n) is 5.91. The molecule has 1 atom stereocenters. The number of pyridine rings is 1. The number of nitrogens with one attached hydrogen (secondary N) is 2. The number of anilines is 1. The normalized spacial score (nSPS) is 15.8. The minimum absolute atomic E-state index is 0.177. The number of imidazole rings is 1. The number of nitrogens with zero attached hydrogens (tertiary/aromatic N) is 3. The lowest BCUT2D eigenvalue weighted by atomic mass is 10.0. The molecule has 0 unspecified atom stereocenters. The first-order valence-electron chi connectivity index (χ1n) is 12.2. The summed E-state index contributed by atoms with van der Waals surface area (Å²) in [5.41, 5.74) is 1.31. The molecule has 194 valence electrons. The predicted molar refractivity (Wildman–Crippen MR) is 141 cm³/mol. The molecule has 3 heterocycles. The summed E-state index contributed by atoms with van der Waals surface area (Å²) in [7, 11) is 0. The Morgan fingerprint density at radius 3 is 2.46 bits per heavy atom. The number of aromatic nitrogens is 3. The number of halogens is 1. The molecule has 37 heavy (non-hydrogen) atoms. The van der Waals surface area contributed by atoms with Crippen LogP contribution < -0.4 is 5.32 Å². The predicted octanol–water partition coefficient (Wildman–Crippen LogP) is 6.04. The van der Waals surface area contributed by atoms with Gasteiger partial charge in [0.15, 0.2) is 5.78 Å². The molecule has 0 saturated carbocycles. The molecule has 10 heteroatoms. The maximum absolute atomic E-state index is 12.9. The van der Waals surface area contributed by atoms with Gasteiger partial charge in [-0.1, -0.05) is 23.7 Å². The number of carbonyl (C=O) groups excluding carboxylic acids is 3. The van der Waals surface area contributed by atoms with Gasteiger partial charge in [0.1, 0.15) is 22.9 Å². The van der Waals surface area contributed by atoms with Gasteiger partial charge in [-0.3, -0.25) is 14.5 Å². The second-order valence-corrected chi connectivity index (χ2v) is 10.4. The van der Waals surface area contributed by atoms with Crippen molar-refractivity contribution in [2.75, 3.05) is 11.9 Å². The van der Waals surface area contributed by atoms with Crippen LogP contribution >= 0.6 is 11.6 Å². The number of benzene rings is 1. The molecule has 2 aromatic heterocycles. The molecule has 1 fully saturated rings. The van der Waals surface area contributed by atoms with Gasteiger partial charge in [0.25, 0.3) is 5.91 Å². The second kappa shape index (κ2) is 10.7. The molecule has 9 nitrogen and oxygen atoms in total. The Morgan fingerprint density at radius 2 is 1.84 bits per heavy atom. The SMILES string of the molecule is CC(=O)c1[nH]c([C@@H]2CCCCN2C(=O)OC(C)(C)C)nc1-c1ccc(C(=O)Nc2ccc(Cl)cn2)cc1. The van der Waals surface area contributed by atoms with E-state index >= 15 is 0 Å². The van der Waals surface area contributed by atoms with Crippen LogP contribution in [0.1, 0.15) is 79.7 Å². The lowest BCUT2D eigenvalue weighted by Crippen LogP contribution is -2.42. The number of likely N-dealkylation sites (tertiary alicyclic amines) is 1. The van der Waals surface area contributed by atoms with E-state index in [9.17, 15) is 14.4 Å². The number of amides is 2. The van der Waals surface area contributed by atoms with Crippen LogP contribution in [0.5, 0.6) is 0 Å². The van der Waals surface area contributed by atoms with Crippen LogP contribution in [0.3, 0.4) is 0 Å². The Morgan fingerprint density at radius 1 is 1.11 bits per heavy atom. The summed E-state index contributed by atoms with van der Waals surface area (Å²) in [6.45, 7) is 7.52. The average Bonchev–Trinajstić information content (AvgIpc) is 3.30. The van der Waals surface area contributed by atoms with Crippen LogP contribution in [0, 0.1) is 0 Å². The quantitative estimate of drug-likeness (QED) is 0.393. The van der Waals surface area contributed by atoms with E-state index in [0.717, 1.165) is 12.8 Å². The Hall–Kier alpha value is -3.72. The highest BCUT2D eigenvalue weighted by molar-refractivity contribution is 6.30. The van der Waals surface area contributed by atoms with Gasteiger partial charge >= 0.3 is 6.09 Å². The summed E-state index contributed by atoms with van der Waals surface area (Å²) >= 11 is 5.84. The molecule has 4 rings (SSSR count). The maximum Gasteiger partial charge on any atom is 0.410 e. The molecular weight excluding hydrogens is 494 g/mol. The molecule has 0 spiro atoms. The lowest BCUT2D eigenvalue weighted by molar-refractivity contribution is 0.00853. The number of rotatable bonds is 5. The van der Waals surface area contributed by atoms with Crippen molar-refractivity contribution in [2.24, 2.45) is 0 Å². The van der Waals surface area contributed by atoms with Crippen molar-refractivity contribution in [1.29, 1.82) is 0 Å². The molecule has 0 radical (unpaired) electrons. The van der Waals surface area contributed by atoms with Crippen LogP contribution in [0.4, 0.5) is 10.6 Å². The molecule has 0 bridgehead atoms. The van der Waals surface area contributed by atoms with E-state index in [2.05, 4.69) is 15.3 Å². The van der Waals surface area contributed by atoms with Crippen LogP contribution in [-0.2, 0) is 4.74 Å². The van der Waals surface area contributed by atoms with Crippen molar-refractivity contribution >= 4 is 35.2 Å². The van der Waals surface area contributed by atoms with Gasteiger partial charge < -0.3 is 15.0 Å². The molecule has 2 N–H and O–H groups in total. The van der Waals surface area contributed by atoms with Crippen LogP contribution in [0.25, 0.3) is 11.3 Å². The van der Waals surface area contributed by atoms with Gasteiger partial charge in [0.2, 0.25) is 0 Å². The lowest BCUT2D eigenvalue weighted by Gasteiger charge is -2.35. The number of hydrogen-bond acceptors (Lipinski definition) is 6. The molecule has 2 amide bonds.